The van der Waals surface area contributed by atoms with Gasteiger partial charge in [-0.25, -0.2) is 9.67 Å². The average molecular weight is 386 g/mol. The van der Waals surface area contributed by atoms with Gasteiger partial charge in [0.05, 0.1) is 6.04 Å². The highest BCUT2D eigenvalue weighted by Crippen LogP contribution is 2.32. The van der Waals surface area contributed by atoms with E-state index in [-0.39, 0.29) is 0 Å². The topological polar surface area (TPSA) is 55.2 Å². The highest BCUT2D eigenvalue weighted by molar-refractivity contribution is 5.33. The third-order valence-corrected chi connectivity index (χ3v) is 5.94. The molecular formula is C22H35N5O. The molecule has 0 amide bonds. The van der Waals surface area contributed by atoms with Crippen molar-refractivity contribution in [3.8, 4) is 5.75 Å². The molecule has 28 heavy (non-hydrogen) atoms. The summed E-state index contributed by atoms with van der Waals surface area (Å²) in [4.78, 5) is 6.53. The summed E-state index contributed by atoms with van der Waals surface area (Å²) in [5.41, 5.74) is 1.22. The van der Waals surface area contributed by atoms with E-state index in [1.807, 2.05) is 11.0 Å². The highest BCUT2D eigenvalue weighted by Gasteiger charge is 2.30. The van der Waals surface area contributed by atoms with E-state index in [0.29, 0.717) is 12.1 Å². The summed E-state index contributed by atoms with van der Waals surface area (Å²) >= 11 is 0. The lowest BCUT2D eigenvalue weighted by Crippen LogP contribution is -2.41. The fraction of sp³-hybridized carbons (Fsp3) is 0.636. The zero-order chi connectivity index (χ0) is 19.8. The van der Waals surface area contributed by atoms with Crippen LogP contribution in [0.1, 0.15) is 51.6 Å². The lowest BCUT2D eigenvalue weighted by Gasteiger charge is -2.35. The van der Waals surface area contributed by atoms with Crippen LogP contribution in [0.5, 0.6) is 5.75 Å². The van der Waals surface area contributed by atoms with Crippen molar-refractivity contribution in [2.75, 3.05) is 26.2 Å². The minimum atomic E-state index is 0.363. The zero-order valence-corrected chi connectivity index (χ0v) is 17.6. The molecule has 0 aliphatic heterocycles. The van der Waals surface area contributed by atoms with Crippen LogP contribution in [-0.4, -0.2) is 51.9 Å². The molecular weight excluding hydrogens is 350 g/mol. The number of hydrogen-bond acceptors (Lipinski definition) is 5. The van der Waals surface area contributed by atoms with Crippen LogP contribution in [0.3, 0.4) is 0 Å². The molecule has 3 rings (SSSR count). The summed E-state index contributed by atoms with van der Waals surface area (Å²) < 4.78 is 8.15. The average Bonchev–Trinajstić information content (AvgIpc) is 3.26. The number of nitrogens with zero attached hydrogens (tertiary/aromatic N) is 4. The van der Waals surface area contributed by atoms with E-state index in [1.165, 1.54) is 12.0 Å². The summed E-state index contributed by atoms with van der Waals surface area (Å²) in [5, 5.41) is 8.19. The molecule has 6 nitrogen and oxygen atoms in total. The first-order chi connectivity index (χ1) is 13.7. The second-order valence-corrected chi connectivity index (χ2v) is 7.83. The number of rotatable bonds is 10. The maximum absolute atomic E-state index is 6.12. The molecule has 1 aliphatic rings. The molecule has 3 unspecified atom stereocenters. The number of nitrogens with one attached hydrogen (secondary N) is 1. The second-order valence-electron chi connectivity index (χ2n) is 7.83. The van der Waals surface area contributed by atoms with Crippen LogP contribution in [0.15, 0.2) is 36.9 Å². The van der Waals surface area contributed by atoms with E-state index < -0.39 is 0 Å². The van der Waals surface area contributed by atoms with Crippen LogP contribution in [0.4, 0.5) is 0 Å². The van der Waals surface area contributed by atoms with Crippen molar-refractivity contribution in [3.63, 3.8) is 0 Å². The van der Waals surface area contributed by atoms with Gasteiger partial charge in [-0.2, -0.15) is 5.10 Å². The van der Waals surface area contributed by atoms with Gasteiger partial charge in [-0.1, -0.05) is 39.0 Å². The van der Waals surface area contributed by atoms with Gasteiger partial charge < -0.3 is 15.0 Å². The molecule has 1 aliphatic carbocycles. The van der Waals surface area contributed by atoms with Gasteiger partial charge in [-0.3, -0.25) is 0 Å². The fourth-order valence-corrected chi connectivity index (χ4v) is 4.13. The van der Waals surface area contributed by atoms with E-state index in [2.05, 4.69) is 65.3 Å². The van der Waals surface area contributed by atoms with Crippen LogP contribution >= 0.6 is 0 Å². The Labute approximate surface area is 169 Å². The monoisotopic (exact) mass is 385 g/mol. The molecule has 2 aromatic rings. The van der Waals surface area contributed by atoms with Crippen molar-refractivity contribution in [1.29, 1.82) is 0 Å². The molecule has 1 aromatic heterocycles. The molecule has 1 heterocycles. The lowest BCUT2D eigenvalue weighted by molar-refractivity contribution is 0.199. The third-order valence-electron chi connectivity index (χ3n) is 5.94. The standard InChI is InChI=1S/C22H35N5O/c1-4-26(5-2)12-13-28-22-9-7-6-8-19(22)15-24-20-11-10-18(3)14-21(20)27-17-23-16-25-27/h6-9,16-18,20-21,24H,4-5,10-15H2,1-3H3. The van der Waals surface area contributed by atoms with Gasteiger partial charge in [0.1, 0.15) is 25.0 Å². The van der Waals surface area contributed by atoms with Crippen molar-refractivity contribution < 1.29 is 4.74 Å². The Bertz CT molecular complexity index is 686. The van der Waals surface area contributed by atoms with Crippen LogP contribution in [0.25, 0.3) is 0 Å². The van der Waals surface area contributed by atoms with Gasteiger partial charge in [-0.15, -0.1) is 0 Å². The Morgan fingerprint density at radius 2 is 2.04 bits per heavy atom. The number of para-hydroxylation sites is 1. The third kappa shape index (κ3) is 5.55. The molecule has 0 saturated heterocycles. The van der Waals surface area contributed by atoms with Gasteiger partial charge in [0, 0.05) is 24.7 Å². The van der Waals surface area contributed by atoms with Crippen LogP contribution < -0.4 is 10.1 Å². The predicted octanol–water partition coefficient (Wildman–Crippen LogP) is 3.52. The maximum Gasteiger partial charge on any atom is 0.137 e. The number of ether oxygens (including phenoxy) is 1. The molecule has 154 valence electrons. The Morgan fingerprint density at radius 1 is 1.21 bits per heavy atom. The first kappa shape index (κ1) is 20.8. The van der Waals surface area contributed by atoms with Crippen LogP contribution in [0.2, 0.25) is 0 Å². The van der Waals surface area contributed by atoms with Crippen molar-refractivity contribution in [1.82, 2.24) is 25.0 Å². The lowest BCUT2D eigenvalue weighted by atomic mass is 9.83. The summed E-state index contributed by atoms with van der Waals surface area (Å²) in [6, 6.07) is 9.15. The Morgan fingerprint density at radius 3 is 2.79 bits per heavy atom. The zero-order valence-electron chi connectivity index (χ0n) is 17.6. The summed E-state index contributed by atoms with van der Waals surface area (Å²) in [6.45, 7) is 11.3. The number of aromatic nitrogens is 3. The Kier molecular flexibility index (Phi) is 7.86. The SMILES string of the molecule is CCN(CC)CCOc1ccccc1CNC1CCC(C)CC1n1cncn1. The van der Waals surface area contributed by atoms with Crippen molar-refractivity contribution >= 4 is 0 Å². The fourth-order valence-electron chi connectivity index (χ4n) is 4.13. The van der Waals surface area contributed by atoms with Crippen LogP contribution in [0, 0.1) is 5.92 Å². The quantitative estimate of drug-likeness (QED) is 0.678. The smallest absolute Gasteiger partial charge is 0.137 e. The minimum absolute atomic E-state index is 0.363. The first-order valence-electron chi connectivity index (χ1n) is 10.7. The molecule has 0 bridgehead atoms. The molecule has 1 fully saturated rings. The van der Waals surface area contributed by atoms with Crippen molar-refractivity contribution in [2.24, 2.45) is 5.92 Å². The maximum atomic E-state index is 6.12. The van der Waals surface area contributed by atoms with Crippen molar-refractivity contribution in [3.05, 3.63) is 42.5 Å². The molecule has 1 N–H and O–H groups in total. The van der Waals surface area contributed by atoms with Gasteiger partial charge in [0.2, 0.25) is 0 Å². The van der Waals surface area contributed by atoms with E-state index in [1.54, 1.807) is 6.33 Å². The van der Waals surface area contributed by atoms with Gasteiger partial charge in [-0.05, 0) is 44.3 Å². The minimum Gasteiger partial charge on any atom is -0.492 e. The molecule has 3 atom stereocenters. The van der Waals surface area contributed by atoms with E-state index in [0.717, 1.165) is 57.3 Å². The van der Waals surface area contributed by atoms with E-state index >= 15 is 0 Å². The van der Waals surface area contributed by atoms with E-state index in [4.69, 9.17) is 4.74 Å². The van der Waals surface area contributed by atoms with Gasteiger partial charge in [0.25, 0.3) is 0 Å². The summed E-state index contributed by atoms with van der Waals surface area (Å²) in [7, 11) is 0. The number of hydrogen-bond donors (Lipinski definition) is 1. The van der Waals surface area contributed by atoms with Gasteiger partial charge in [0.15, 0.2) is 0 Å². The van der Waals surface area contributed by atoms with Gasteiger partial charge >= 0.3 is 0 Å². The summed E-state index contributed by atoms with van der Waals surface area (Å²) in [6.07, 6.45) is 7.04. The molecule has 1 saturated carbocycles. The Hall–Kier alpha value is -1.92. The molecule has 0 spiro atoms. The second kappa shape index (κ2) is 10.6. The van der Waals surface area contributed by atoms with E-state index in [9.17, 15) is 0 Å². The first-order valence-corrected chi connectivity index (χ1v) is 10.7. The molecule has 1 aromatic carbocycles. The summed E-state index contributed by atoms with van der Waals surface area (Å²) in [5.74, 6) is 1.71. The number of likely N-dealkylation sites (N-methyl/N-ethyl adjacent to an activating group) is 1. The predicted molar refractivity (Wildman–Crippen MR) is 112 cm³/mol. The molecule has 6 heteroatoms. The number of benzene rings is 1. The van der Waals surface area contributed by atoms with Crippen LogP contribution in [-0.2, 0) is 6.54 Å². The highest BCUT2D eigenvalue weighted by atomic mass is 16.5. The molecule has 0 radical (unpaired) electrons. The van der Waals surface area contributed by atoms with Crippen molar-refractivity contribution in [2.45, 2.75) is 58.7 Å². The largest absolute Gasteiger partial charge is 0.492 e. The normalized spacial score (nSPS) is 22.5. The Balaban J connectivity index is 1.59.